The molecule has 180 valence electrons. The van der Waals surface area contributed by atoms with Crippen LogP contribution in [0.25, 0.3) is 0 Å². The Morgan fingerprint density at radius 3 is 2.70 bits per heavy atom. The van der Waals surface area contributed by atoms with E-state index in [1.54, 1.807) is 30.1 Å². The van der Waals surface area contributed by atoms with Gasteiger partial charge in [0.15, 0.2) is 0 Å². The molecule has 0 unspecified atom stereocenters. The summed E-state index contributed by atoms with van der Waals surface area (Å²) in [6, 6.07) is 5.02. The highest BCUT2D eigenvalue weighted by atomic mass is 16.5. The molecular weight excluding hydrogens is 426 g/mol. The Kier molecular flexibility index (Phi) is 7.49. The molecule has 3 amide bonds. The molecule has 3 aliphatic rings. The van der Waals surface area contributed by atoms with Crippen LogP contribution >= 0.6 is 0 Å². The molecule has 2 N–H and O–H groups in total. The van der Waals surface area contributed by atoms with E-state index in [9.17, 15) is 14.4 Å². The van der Waals surface area contributed by atoms with Crippen molar-refractivity contribution in [1.82, 2.24) is 10.2 Å². The predicted molar refractivity (Wildman–Crippen MR) is 121 cm³/mol. The van der Waals surface area contributed by atoms with E-state index in [-0.39, 0.29) is 48.5 Å². The molecule has 1 aromatic rings. The molecule has 2 saturated heterocycles. The van der Waals surface area contributed by atoms with Gasteiger partial charge < -0.3 is 29.7 Å². The Morgan fingerprint density at radius 1 is 1.15 bits per heavy atom. The van der Waals surface area contributed by atoms with Gasteiger partial charge in [0.05, 0.1) is 24.1 Å². The Hall–Kier alpha value is -2.65. The van der Waals surface area contributed by atoms with Gasteiger partial charge in [0.25, 0.3) is 5.91 Å². The van der Waals surface area contributed by atoms with Crippen molar-refractivity contribution in [2.24, 2.45) is 5.92 Å². The normalized spacial score (nSPS) is 25.7. The lowest BCUT2D eigenvalue weighted by molar-refractivity contribution is -0.134. The van der Waals surface area contributed by atoms with E-state index in [0.717, 1.165) is 6.42 Å². The quantitative estimate of drug-likeness (QED) is 0.697. The number of fused-ring (bicyclic) bond motifs is 2. The average Bonchev–Trinajstić information content (AvgIpc) is 2.82. The van der Waals surface area contributed by atoms with Crippen LogP contribution in [0.2, 0.25) is 0 Å². The second kappa shape index (κ2) is 10.5. The Bertz CT molecular complexity index is 885. The van der Waals surface area contributed by atoms with Gasteiger partial charge in [-0.2, -0.15) is 0 Å². The van der Waals surface area contributed by atoms with E-state index in [1.807, 2.05) is 6.92 Å². The molecule has 3 aliphatic heterocycles. The van der Waals surface area contributed by atoms with Crippen LogP contribution < -0.4 is 15.4 Å². The van der Waals surface area contributed by atoms with Crippen molar-refractivity contribution in [3.8, 4) is 5.75 Å². The van der Waals surface area contributed by atoms with Gasteiger partial charge in [0, 0.05) is 38.4 Å². The molecular formula is C24H33N3O6. The standard InChI is InChI=1S/C24H33N3O6/c1-3-25-22(28)13-17-5-6-19-21(33-17)14-32-20-7-4-16(12-18(20)24(30)27(19)2)26-23(29)15-8-10-31-11-9-15/h4,7,12,15,17,19,21H,3,5-6,8-11,13-14H2,1-2H3,(H,25,28)(H,26,29)/t17-,19+,21+/m1/s1. The maximum absolute atomic E-state index is 13.3. The van der Waals surface area contributed by atoms with Gasteiger partial charge in [0.2, 0.25) is 11.8 Å². The molecule has 33 heavy (non-hydrogen) atoms. The largest absolute Gasteiger partial charge is 0.490 e. The summed E-state index contributed by atoms with van der Waals surface area (Å²) in [5.41, 5.74) is 1.000. The smallest absolute Gasteiger partial charge is 0.257 e. The number of anilines is 1. The second-order valence-corrected chi connectivity index (χ2v) is 8.91. The van der Waals surface area contributed by atoms with Gasteiger partial charge in [-0.1, -0.05) is 0 Å². The molecule has 9 heteroatoms. The molecule has 1 aromatic carbocycles. The number of benzene rings is 1. The fraction of sp³-hybridized carbons (Fsp3) is 0.625. The minimum absolute atomic E-state index is 0.0298. The monoisotopic (exact) mass is 459 g/mol. The minimum atomic E-state index is -0.312. The van der Waals surface area contributed by atoms with Gasteiger partial charge in [-0.05, 0) is 50.8 Å². The van der Waals surface area contributed by atoms with Crippen molar-refractivity contribution in [1.29, 1.82) is 0 Å². The van der Waals surface area contributed by atoms with Gasteiger partial charge >= 0.3 is 0 Å². The molecule has 0 spiro atoms. The molecule has 9 nitrogen and oxygen atoms in total. The number of hydrogen-bond acceptors (Lipinski definition) is 6. The Balaban J connectivity index is 1.46. The van der Waals surface area contributed by atoms with Crippen LogP contribution in [0.4, 0.5) is 5.69 Å². The number of hydrogen-bond donors (Lipinski definition) is 2. The van der Waals surface area contributed by atoms with Crippen molar-refractivity contribution in [3.63, 3.8) is 0 Å². The minimum Gasteiger partial charge on any atom is -0.490 e. The van der Waals surface area contributed by atoms with Crippen LogP contribution in [0.5, 0.6) is 5.75 Å². The summed E-state index contributed by atoms with van der Waals surface area (Å²) >= 11 is 0. The molecule has 3 heterocycles. The van der Waals surface area contributed by atoms with Crippen LogP contribution in [-0.4, -0.2) is 74.3 Å². The van der Waals surface area contributed by atoms with E-state index in [0.29, 0.717) is 62.4 Å². The van der Waals surface area contributed by atoms with Crippen molar-refractivity contribution in [2.45, 2.75) is 57.3 Å². The third-order valence-corrected chi connectivity index (χ3v) is 6.66. The first kappa shape index (κ1) is 23.5. The lowest BCUT2D eigenvalue weighted by Gasteiger charge is -2.42. The first-order chi connectivity index (χ1) is 16.0. The molecule has 0 saturated carbocycles. The maximum atomic E-state index is 13.3. The van der Waals surface area contributed by atoms with Crippen LogP contribution in [0, 0.1) is 5.92 Å². The van der Waals surface area contributed by atoms with E-state index in [4.69, 9.17) is 14.2 Å². The molecule has 0 bridgehead atoms. The fourth-order valence-electron chi connectivity index (χ4n) is 4.79. The molecule has 0 aliphatic carbocycles. The summed E-state index contributed by atoms with van der Waals surface area (Å²) in [7, 11) is 1.77. The average molecular weight is 460 g/mol. The van der Waals surface area contributed by atoms with Crippen LogP contribution in [0.3, 0.4) is 0 Å². The van der Waals surface area contributed by atoms with Gasteiger partial charge in [-0.15, -0.1) is 0 Å². The third kappa shape index (κ3) is 5.47. The number of likely N-dealkylation sites (N-methyl/N-ethyl adjacent to an activating group) is 1. The fourth-order valence-corrected chi connectivity index (χ4v) is 4.79. The maximum Gasteiger partial charge on any atom is 0.257 e. The molecule has 4 rings (SSSR count). The summed E-state index contributed by atoms with van der Waals surface area (Å²) in [6.45, 7) is 3.95. The predicted octanol–water partition coefficient (Wildman–Crippen LogP) is 1.96. The van der Waals surface area contributed by atoms with Crippen LogP contribution in [0.15, 0.2) is 18.2 Å². The van der Waals surface area contributed by atoms with Crippen molar-refractivity contribution in [2.75, 3.05) is 38.7 Å². The van der Waals surface area contributed by atoms with Crippen LogP contribution in [0.1, 0.15) is 49.4 Å². The Labute approximate surface area is 194 Å². The summed E-state index contributed by atoms with van der Waals surface area (Å²) in [5.74, 6) is 0.127. The van der Waals surface area contributed by atoms with E-state index < -0.39 is 0 Å². The zero-order valence-electron chi connectivity index (χ0n) is 19.3. The lowest BCUT2D eigenvalue weighted by atomic mass is 9.94. The Morgan fingerprint density at radius 2 is 1.94 bits per heavy atom. The highest BCUT2D eigenvalue weighted by Crippen LogP contribution is 2.32. The number of ether oxygens (including phenoxy) is 3. The lowest BCUT2D eigenvalue weighted by Crippen LogP contribution is -2.54. The second-order valence-electron chi connectivity index (χ2n) is 8.91. The van der Waals surface area contributed by atoms with Gasteiger partial charge in [-0.3, -0.25) is 14.4 Å². The van der Waals surface area contributed by atoms with Crippen LogP contribution in [-0.2, 0) is 19.1 Å². The number of nitrogens with zero attached hydrogens (tertiary/aromatic N) is 1. The van der Waals surface area contributed by atoms with Gasteiger partial charge in [-0.25, -0.2) is 0 Å². The zero-order valence-corrected chi connectivity index (χ0v) is 19.3. The molecule has 0 aromatic heterocycles. The van der Waals surface area contributed by atoms with E-state index in [1.165, 1.54) is 0 Å². The highest BCUT2D eigenvalue weighted by molar-refractivity contribution is 6.00. The third-order valence-electron chi connectivity index (χ3n) is 6.66. The number of carbonyl (C=O) groups excluding carboxylic acids is 3. The first-order valence-corrected chi connectivity index (χ1v) is 11.8. The number of amides is 3. The number of nitrogens with one attached hydrogen (secondary N) is 2. The highest BCUT2D eigenvalue weighted by Gasteiger charge is 2.39. The number of carbonyl (C=O) groups is 3. The topological polar surface area (TPSA) is 106 Å². The van der Waals surface area contributed by atoms with E-state index >= 15 is 0 Å². The summed E-state index contributed by atoms with van der Waals surface area (Å²) in [4.78, 5) is 39.6. The van der Waals surface area contributed by atoms with Crippen molar-refractivity contribution >= 4 is 23.4 Å². The molecule has 2 fully saturated rings. The summed E-state index contributed by atoms with van der Waals surface area (Å²) < 4.78 is 17.5. The van der Waals surface area contributed by atoms with Crippen molar-refractivity contribution < 1.29 is 28.6 Å². The summed E-state index contributed by atoms with van der Waals surface area (Å²) in [5, 5.41) is 5.75. The molecule has 3 atom stereocenters. The van der Waals surface area contributed by atoms with Gasteiger partial charge in [0.1, 0.15) is 18.5 Å². The molecule has 0 radical (unpaired) electrons. The van der Waals surface area contributed by atoms with Crippen molar-refractivity contribution in [3.05, 3.63) is 23.8 Å². The first-order valence-electron chi connectivity index (χ1n) is 11.8. The number of rotatable bonds is 5. The van der Waals surface area contributed by atoms with E-state index in [2.05, 4.69) is 10.6 Å². The summed E-state index contributed by atoms with van der Waals surface area (Å²) in [6.07, 6.45) is 2.64. The zero-order chi connectivity index (χ0) is 23.4. The SMILES string of the molecule is CCNC(=O)C[C@H]1CC[C@H]2[C@H](COc3ccc(NC(=O)C4CCOCC4)cc3C(=O)N2C)O1.